The van der Waals surface area contributed by atoms with E-state index >= 15 is 0 Å². The summed E-state index contributed by atoms with van der Waals surface area (Å²) in [6.07, 6.45) is 0.197. The van der Waals surface area contributed by atoms with Crippen LogP contribution < -0.4 is 10.6 Å². The Morgan fingerprint density at radius 1 is 1.50 bits per heavy atom. The zero-order valence-corrected chi connectivity index (χ0v) is 11.1. The van der Waals surface area contributed by atoms with Crippen LogP contribution in [0.5, 0.6) is 0 Å². The first-order chi connectivity index (χ1) is 8.60. The second-order valence-electron chi connectivity index (χ2n) is 4.65. The lowest BCUT2D eigenvalue weighted by Gasteiger charge is -2.37. The molecule has 1 aliphatic heterocycles. The Morgan fingerprint density at radius 2 is 2.28 bits per heavy atom. The number of anilines is 2. The number of hydrogen-bond donors (Lipinski definition) is 1. The number of nitrogens with two attached hydrogens (primary N) is 1. The highest BCUT2D eigenvalue weighted by molar-refractivity contribution is 5.48. The summed E-state index contributed by atoms with van der Waals surface area (Å²) in [5.41, 5.74) is 5.81. The van der Waals surface area contributed by atoms with Crippen LogP contribution in [0.1, 0.15) is 19.7 Å². The van der Waals surface area contributed by atoms with Gasteiger partial charge in [0.1, 0.15) is 18.2 Å². The molecule has 2 rings (SSSR count). The molecule has 0 saturated carbocycles. The van der Waals surface area contributed by atoms with Crippen LogP contribution in [0.2, 0.25) is 0 Å². The third-order valence-electron chi connectivity index (χ3n) is 2.95. The lowest BCUT2D eigenvalue weighted by Crippen LogP contribution is -2.47. The fraction of sp³-hybridized carbons (Fsp3) is 0.667. The zero-order chi connectivity index (χ0) is 13.1. The lowest BCUT2D eigenvalue weighted by molar-refractivity contribution is 0.0340. The Morgan fingerprint density at radius 3 is 3.00 bits per heavy atom. The number of rotatable bonds is 3. The summed E-state index contributed by atoms with van der Waals surface area (Å²) in [7, 11) is 1.62. The highest BCUT2D eigenvalue weighted by atomic mass is 16.5. The largest absolute Gasteiger partial charge is 0.384 e. The smallest absolute Gasteiger partial charge is 0.158 e. The Balaban J connectivity index is 2.25. The van der Waals surface area contributed by atoms with Gasteiger partial charge in [-0.2, -0.15) is 0 Å². The van der Waals surface area contributed by atoms with Crippen molar-refractivity contribution in [3.63, 3.8) is 0 Å². The molecule has 1 aliphatic rings. The third-order valence-corrected chi connectivity index (χ3v) is 2.95. The SMILES string of the molecule is COCc1nc(N)cc(N2CC(C)OCC2C)n1. The normalized spacial score (nSPS) is 24.3. The van der Waals surface area contributed by atoms with E-state index in [-0.39, 0.29) is 12.1 Å². The minimum absolute atomic E-state index is 0.197. The predicted octanol–water partition coefficient (Wildman–Crippen LogP) is 0.819. The van der Waals surface area contributed by atoms with Crippen molar-refractivity contribution in [2.75, 3.05) is 30.9 Å². The molecule has 1 aromatic rings. The molecule has 1 aromatic heterocycles. The molecule has 0 amide bonds. The number of nitrogens with zero attached hydrogens (tertiary/aromatic N) is 3. The fourth-order valence-corrected chi connectivity index (χ4v) is 2.07. The van der Waals surface area contributed by atoms with E-state index in [9.17, 15) is 0 Å². The standard InChI is InChI=1S/C12H20N4O2/c1-8-6-18-9(2)5-16(8)12-4-10(13)14-11(15-12)7-17-3/h4,8-9H,5-7H2,1-3H3,(H2,13,14,15). The molecule has 0 aromatic carbocycles. The van der Waals surface area contributed by atoms with Crippen molar-refractivity contribution in [2.24, 2.45) is 0 Å². The first kappa shape index (κ1) is 13.0. The van der Waals surface area contributed by atoms with E-state index in [1.807, 2.05) is 0 Å². The summed E-state index contributed by atoms with van der Waals surface area (Å²) in [4.78, 5) is 10.8. The van der Waals surface area contributed by atoms with Crippen LogP contribution in [0, 0.1) is 0 Å². The van der Waals surface area contributed by atoms with Gasteiger partial charge in [0.05, 0.1) is 18.8 Å². The third kappa shape index (κ3) is 2.88. The number of ether oxygens (including phenoxy) is 2. The second kappa shape index (κ2) is 5.49. The minimum Gasteiger partial charge on any atom is -0.384 e. The van der Waals surface area contributed by atoms with Gasteiger partial charge < -0.3 is 20.1 Å². The van der Waals surface area contributed by atoms with Crippen LogP contribution in [-0.2, 0) is 16.1 Å². The maximum absolute atomic E-state index is 5.81. The maximum atomic E-state index is 5.81. The fourth-order valence-electron chi connectivity index (χ4n) is 2.07. The molecule has 100 valence electrons. The van der Waals surface area contributed by atoms with Crippen LogP contribution in [0.3, 0.4) is 0 Å². The molecule has 0 aliphatic carbocycles. The van der Waals surface area contributed by atoms with Gasteiger partial charge in [-0.1, -0.05) is 0 Å². The first-order valence-electron chi connectivity index (χ1n) is 6.10. The van der Waals surface area contributed by atoms with Gasteiger partial charge in [-0.05, 0) is 13.8 Å². The molecule has 2 unspecified atom stereocenters. The van der Waals surface area contributed by atoms with Crippen molar-refractivity contribution in [3.8, 4) is 0 Å². The molecule has 1 saturated heterocycles. The number of aromatic nitrogens is 2. The molecule has 6 nitrogen and oxygen atoms in total. The summed E-state index contributed by atoms with van der Waals surface area (Å²) in [5, 5.41) is 0. The van der Waals surface area contributed by atoms with E-state index < -0.39 is 0 Å². The number of nitrogen functional groups attached to an aromatic ring is 1. The maximum Gasteiger partial charge on any atom is 0.158 e. The van der Waals surface area contributed by atoms with E-state index in [1.54, 1.807) is 13.2 Å². The van der Waals surface area contributed by atoms with E-state index in [0.717, 1.165) is 12.4 Å². The van der Waals surface area contributed by atoms with Crippen molar-refractivity contribution in [2.45, 2.75) is 32.6 Å². The van der Waals surface area contributed by atoms with E-state index in [4.69, 9.17) is 15.2 Å². The number of morpholine rings is 1. The summed E-state index contributed by atoms with van der Waals surface area (Å²) in [6.45, 7) is 6.04. The van der Waals surface area contributed by atoms with Gasteiger partial charge in [0.2, 0.25) is 0 Å². The minimum atomic E-state index is 0.197. The summed E-state index contributed by atoms with van der Waals surface area (Å²) in [6, 6.07) is 2.08. The molecular weight excluding hydrogens is 232 g/mol. The Labute approximate surface area is 107 Å². The quantitative estimate of drug-likeness (QED) is 0.858. The number of methoxy groups -OCH3 is 1. The lowest BCUT2D eigenvalue weighted by atomic mass is 10.2. The van der Waals surface area contributed by atoms with Crippen molar-refractivity contribution >= 4 is 11.6 Å². The molecule has 0 radical (unpaired) electrons. The molecule has 2 N–H and O–H groups in total. The van der Waals surface area contributed by atoms with Gasteiger partial charge in [-0.3, -0.25) is 0 Å². The Kier molecular flexibility index (Phi) is 3.98. The van der Waals surface area contributed by atoms with E-state index in [2.05, 4.69) is 28.7 Å². The molecule has 2 atom stereocenters. The van der Waals surface area contributed by atoms with E-state index in [1.165, 1.54) is 0 Å². The van der Waals surface area contributed by atoms with E-state index in [0.29, 0.717) is 24.9 Å². The molecule has 0 spiro atoms. The van der Waals surface area contributed by atoms with Crippen LogP contribution >= 0.6 is 0 Å². The number of hydrogen-bond acceptors (Lipinski definition) is 6. The van der Waals surface area contributed by atoms with Gasteiger partial charge in [0, 0.05) is 19.7 Å². The van der Waals surface area contributed by atoms with Crippen LogP contribution in [-0.4, -0.2) is 42.4 Å². The predicted molar refractivity (Wildman–Crippen MR) is 69.4 cm³/mol. The zero-order valence-electron chi connectivity index (χ0n) is 11.1. The van der Waals surface area contributed by atoms with Crippen molar-refractivity contribution in [1.29, 1.82) is 0 Å². The molecular formula is C12H20N4O2. The average molecular weight is 252 g/mol. The molecule has 18 heavy (non-hydrogen) atoms. The molecule has 6 heteroatoms. The summed E-state index contributed by atoms with van der Waals surface area (Å²) in [5.74, 6) is 1.93. The molecule has 1 fully saturated rings. The summed E-state index contributed by atoms with van der Waals surface area (Å²) < 4.78 is 10.7. The van der Waals surface area contributed by atoms with Gasteiger partial charge in [-0.25, -0.2) is 9.97 Å². The highest BCUT2D eigenvalue weighted by Gasteiger charge is 2.25. The highest BCUT2D eigenvalue weighted by Crippen LogP contribution is 2.21. The topological polar surface area (TPSA) is 73.5 Å². The van der Waals surface area contributed by atoms with Crippen molar-refractivity contribution in [1.82, 2.24) is 9.97 Å². The monoisotopic (exact) mass is 252 g/mol. The van der Waals surface area contributed by atoms with Crippen LogP contribution in [0.25, 0.3) is 0 Å². The van der Waals surface area contributed by atoms with Crippen LogP contribution in [0.15, 0.2) is 6.07 Å². The molecule has 2 heterocycles. The van der Waals surface area contributed by atoms with Gasteiger partial charge in [-0.15, -0.1) is 0 Å². The van der Waals surface area contributed by atoms with Gasteiger partial charge >= 0.3 is 0 Å². The second-order valence-corrected chi connectivity index (χ2v) is 4.65. The Hall–Kier alpha value is -1.40. The molecule has 0 bridgehead atoms. The average Bonchev–Trinajstić information content (AvgIpc) is 2.32. The first-order valence-corrected chi connectivity index (χ1v) is 6.10. The van der Waals surface area contributed by atoms with Gasteiger partial charge in [0.25, 0.3) is 0 Å². The van der Waals surface area contributed by atoms with Crippen LogP contribution in [0.4, 0.5) is 11.6 Å². The summed E-state index contributed by atoms with van der Waals surface area (Å²) >= 11 is 0. The Bertz CT molecular complexity index is 413. The van der Waals surface area contributed by atoms with Crippen molar-refractivity contribution < 1.29 is 9.47 Å². The van der Waals surface area contributed by atoms with Gasteiger partial charge in [0.15, 0.2) is 5.82 Å². The van der Waals surface area contributed by atoms with Crippen molar-refractivity contribution in [3.05, 3.63) is 11.9 Å².